The highest BCUT2D eigenvalue weighted by molar-refractivity contribution is 6.34. The van der Waals surface area contributed by atoms with Crippen molar-refractivity contribution in [2.75, 3.05) is 6.61 Å². The van der Waals surface area contributed by atoms with E-state index in [2.05, 4.69) is 0 Å². The van der Waals surface area contributed by atoms with Crippen LogP contribution in [0.15, 0.2) is 17.1 Å². The van der Waals surface area contributed by atoms with Crippen molar-refractivity contribution in [2.24, 2.45) is 0 Å². The lowest BCUT2D eigenvalue weighted by Crippen LogP contribution is -2.35. The molecule has 9 nitrogen and oxygen atoms in total. The third-order valence-corrected chi connectivity index (χ3v) is 4.17. The Morgan fingerprint density at radius 1 is 1.39 bits per heavy atom. The van der Waals surface area contributed by atoms with Crippen molar-refractivity contribution in [3.05, 3.63) is 49.0 Å². The molecule has 0 radical (unpaired) electrons. The number of benzene rings is 1. The van der Waals surface area contributed by atoms with Crippen LogP contribution in [0.2, 0.25) is 5.02 Å². The molecule has 0 saturated heterocycles. The number of ether oxygens (including phenoxy) is 2. The largest absolute Gasteiger partial charge is 0.462 e. The van der Waals surface area contributed by atoms with Crippen LogP contribution in [0, 0.1) is 15.9 Å². The summed E-state index contributed by atoms with van der Waals surface area (Å²) in [4.78, 5) is 47.0. The van der Waals surface area contributed by atoms with Gasteiger partial charge in [0, 0.05) is 13.1 Å². The van der Waals surface area contributed by atoms with Gasteiger partial charge in [0.15, 0.2) is 10.7 Å². The number of carbonyl (C=O) groups excluding carboxylic acids is 2. The minimum Gasteiger partial charge on any atom is -0.462 e. The van der Waals surface area contributed by atoms with E-state index < -0.39 is 61.0 Å². The molecule has 0 bridgehead atoms. The van der Waals surface area contributed by atoms with Crippen molar-refractivity contribution in [3.63, 3.8) is 0 Å². The summed E-state index contributed by atoms with van der Waals surface area (Å²) in [6, 6.07) is 0.691. The minimum absolute atomic E-state index is 0.0429. The van der Waals surface area contributed by atoms with E-state index in [1.165, 1.54) is 20.8 Å². The molecule has 0 aliphatic rings. The normalized spacial score (nSPS) is 11.4. The Balaban J connectivity index is 3.10. The van der Waals surface area contributed by atoms with E-state index in [1.807, 2.05) is 0 Å². The van der Waals surface area contributed by atoms with E-state index in [9.17, 15) is 28.9 Å². The summed E-state index contributed by atoms with van der Waals surface area (Å²) >= 11 is 5.77. The van der Waals surface area contributed by atoms with Crippen LogP contribution >= 0.6 is 11.6 Å². The molecule has 1 aromatic carbocycles. The number of esters is 2. The van der Waals surface area contributed by atoms with Crippen LogP contribution in [0.5, 0.6) is 0 Å². The van der Waals surface area contributed by atoms with Gasteiger partial charge in [-0.15, -0.1) is 0 Å². The molecule has 11 heteroatoms. The van der Waals surface area contributed by atoms with Crippen molar-refractivity contribution < 1.29 is 28.4 Å². The molecule has 1 aromatic heterocycles. The topological polar surface area (TPSA) is 118 Å². The van der Waals surface area contributed by atoms with E-state index in [-0.39, 0.29) is 6.61 Å². The highest BCUT2D eigenvalue weighted by Crippen LogP contribution is 2.37. The minimum atomic E-state index is -1.59. The van der Waals surface area contributed by atoms with Gasteiger partial charge < -0.3 is 14.0 Å². The fraction of sp³-hybridized carbons (Fsp3) is 0.353. The van der Waals surface area contributed by atoms with Gasteiger partial charge in [-0.1, -0.05) is 11.6 Å². The maximum atomic E-state index is 14.2. The highest BCUT2D eigenvalue weighted by atomic mass is 35.5. The van der Waals surface area contributed by atoms with E-state index in [0.717, 1.165) is 17.7 Å². The number of fused-ring (bicyclic) bond motifs is 1. The van der Waals surface area contributed by atoms with Crippen LogP contribution < -0.4 is 5.43 Å². The first-order valence-corrected chi connectivity index (χ1v) is 8.39. The first-order valence-electron chi connectivity index (χ1n) is 8.01. The summed E-state index contributed by atoms with van der Waals surface area (Å²) in [7, 11) is 0. The first kappa shape index (κ1) is 21.3. The van der Waals surface area contributed by atoms with Gasteiger partial charge in [-0.3, -0.25) is 19.7 Å². The third-order valence-electron chi connectivity index (χ3n) is 3.81. The second-order valence-electron chi connectivity index (χ2n) is 6.18. The lowest BCUT2D eigenvalue weighted by atomic mass is 10.1. The number of nitro groups is 1. The molecule has 0 N–H and O–H groups in total. The summed E-state index contributed by atoms with van der Waals surface area (Å²) in [5.74, 6) is -2.96. The molecule has 28 heavy (non-hydrogen) atoms. The Morgan fingerprint density at radius 3 is 2.50 bits per heavy atom. The van der Waals surface area contributed by atoms with E-state index in [0.29, 0.717) is 6.07 Å². The molecule has 0 aliphatic heterocycles. The molecule has 0 spiro atoms. The number of rotatable bonds is 5. The van der Waals surface area contributed by atoms with Crippen LogP contribution in [-0.4, -0.2) is 28.0 Å². The zero-order chi connectivity index (χ0) is 21.4. The number of nitro benzene ring substituents is 1. The van der Waals surface area contributed by atoms with Gasteiger partial charge in [-0.25, -0.2) is 9.18 Å². The lowest BCUT2D eigenvalue weighted by Gasteiger charge is -2.29. The Bertz CT molecular complexity index is 1060. The van der Waals surface area contributed by atoms with Crippen LogP contribution in [0.3, 0.4) is 0 Å². The molecule has 1 heterocycles. The fourth-order valence-electron chi connectivity index (χ4n) is 2.76. The van der Waals surface area contributed by atoms with Crippen molar-refractivity contribution >= 4 is 40.1 Å². The number of pyridine rings is 1. The fourth-order valence-corrected chi connectivity index (χ4v) is 2.98. The molecule has 0 amide bonds. The van der Waals surface area contributed by atoms with Gasteiger partial charge in [0.05, 0.1) is 16.9 Å². The second kappa shape index (κ2) is 7.55. The van der Waals surface area contributed by atoms with E-state index >= 15 is 0 Å². The van der Waals surface area contributed by atoms with Gasteiger partial charge in [-0.2, -0.15) is 0 Å². The van der Waals surface area contributed by atoms with Crippen LogP contribution in [0.1, 0.15) is 38.1 Å². The predicted molar refractivity (Wildman–Crippen MR) is 96.9 cm³/mol. The summed E-state index contributed by atoms with van der Waals surface area (Å²) in [6.45, 7) is 5.32. The number of nitrogens with zero attached hydrogens (tertiary/aromatic N) is 2. The molecule has 0 fully saturated rings. The average Bonchev–Trinajstić information content (AvgIpc) is 2.55. The molecule has 0 saturated carbocycles. The number of halogens is 2. The summed E-state index contributed by atoms with van der Waals surface area (Å²) in [6.07, 6.45) is 0.965. The Labute approximate surface area is 162 Å². The molecule has 0 atom stereocenters. The van der Waals surface area contributed by atoms with E-state index in [4.69, 9.17) is 21.1 Å². The number of carbonyl (C=O) groups is 2. The maximum Gasteiger partial charge on any atom is 0.343 e. The van der Waals surface area contributed by atoms with Gasteiger partial charge in [0.1, 0.15) is 16.9 Å². The molecule has 2 aromatic rings. The summed E-state index contributed by atoms with van der Waals surface area (Å²) < 4.78 is 25.2. The number of hydrogen-bond donors (Lipinski definition) is 0. The Morgan fingerprint density at radius 2 is 2.00 bits per heavy atom. The van der Waals surface area contributed by atoms with Gasteiger partial charge in [-0.05, 0) is 26.8 Å². The Kier molecular flexibility index (Phi) is 5.74. The molecule has 0 unspecified atom stereocenters. The summed E-state index contributed by atoms with van der Waals surface area (Å²) in [5, 5.41) is 10.2. The number of hydrogen-bond acceptors (Lipinski definition) is 7. The number of aromatic nitrogens is 1. The average molecular weight is 415 g/mol. The van der Waals surface area contributed by atoms with Gasteiger partial charge in [0.25, 0.3) is 0 Å². The van der Waals surface area contributed by atoms with Crippen LogP contribution in [-0.2, 0) is 20.0 Å². The van der Waals surface area contributed by atoms with Crippen molar-refractivity contribution in [2.45, 2.75) is 33.4 Å². The van der Waals surface area contributed by atoms with Crippen molar-refractivity contribution in [3.8, 4) is 0 Å². The SMILES string of the molecule is CCOC(=O)c1cn(C(C)(C)OC(C)=O)c2c([N+](=O)[O-])c(Cl)c(F)cc2c1=O. The third kappa shape index (κ3) is 3.68. The quantitative estimate of drug-likeness (QED) is 0.419. The summed E-state index contributed by atoms with van der Waals surface area (Å²) in [5.41, 5.74) is -4.39. The molecule has 150 valence electrons. The molecular formula is C17H16ClFN2O7. The van der Waals surface area contributed by atoms with Crippen LogP contribution in [0.4, 0.5) is 10.1 Å². The second-order valence-corrected chi connectivity index (χ2v) is 6.55. The molecular weight excluding hydrogens is 399 g/mol. The highest BCUT2D eigenvalue weighted by Gasteiger charge is 2.34. The monoisotopic (exact) mass is 414 g/mol. The predicted octanol–water partition coefficient (Wildman–Crippen LogP) is 3.13. The zero-order valence-electron chi connectivity index (χ0n) is 15.4. The lowest BCUT2D eigenvalue weighted by molar-refractivity contribution is -0.383. The maximum absolute atomic E-state index is 14.2. The van der Waals surface area contributed by atoms with Gasteiger partial charge >= 0.3 is 17.6 Å². The van der Waals surface area contributed by atoms with Crippen molar-refractivity contribution in [1.29, 1.82) is 0 Å². The van der Waals surface area contributed by atoms with E-state index in [1.54, 1.807) is 0 Å². The first-order chi connectivity index (χ1) is 12.9. The zero-order valence-corrected chi connectivity index (χ0v) is 16.1. The molecule has 0 aliphatic carbocycles. The molecule has 2 rings (SSSR count). The Hall–Kier alpha value is -3.01. The standard InChI is InChI=1S/C17H16ClFN2O7/c1-5-27-16(24)10-7-20(17(3,4)28-8(2)22)13-9(15(10)23)6-11(19)12(18)14(13)21(25)26/h6-7H,5H2,1-4H3. The van der Waals surface area contributed by atoms with Gasteiger partial charge in [0.2, 0.25) is 5.43 Å². The van der Waals surface area contributed by atoms with Crippen molar-refractivity contribution in [1.82, 2.24) is 4.57 Å². The van der Waals surface area contributed by atoms with Crippen LogP contribution in [0.25, 0.3) is 10.9 Å². The smallest absolute Gasteiger partial charge is 0.343 e.